The average molecular weight is 453 g/mol. The number of ether oxygens (including phenoxy) is 1. The molecule has 168 valence electrons. The molecule has 0 heterocycles. The molecule has 6 nitrogen and oxygen atoms in total. The third kappa shape index (κ3) is 4.94. The zero-order valence-electron chi connectivity index (χ0n) is 18.9. The summed E-state index contributed by atoms with van der Waals surface area (Å²) in [7, 11) is -0.594. The van der Waals surface area contributed by atoms with Gasteiger partial charge in [-0.25, -0.2) is 8.42 Å². The molecule has 0 aliphatic carbocycles. The van der Waals surface area contributed by atoms with Crippen LogP contribution in [0.5, 0.6) is 5.75 Å². The molecule has 7 heteroatoms. The van der Waals surface area contributed by atoms with Gasteiger partial charge in [0.1, 0.15) is 5.75 Å². The summed E-state index contributed by atoms with van der Waals surface area (Å²) in [4.78, 5) is 13.0. The average Bonchev–Trinajstić information content (AvgIpc) is 2.78. The van der Waals surface area contributed by atoms with Crippen LogP contribution in [0.25, 0.3) is 0 Å². The smallest absolute Gasteiger partial charge is 0.264 e. The van der Waals surface area contributed by atoms with Crippen molar-refractivity contribution in [3.8, 4) is 5.75 Å². The van der Waals surface area contributed by atoms with Gasteiger partial charge in [0.15, 0.2) is 0 Å². The Kier molecular flexibility index (Phi) is 6.89. The molecule has 0 saturated carbocycles. The number of hydrogen-bond acceptors (Lipinski definition) is 4. The molecule has 3 aromatic rings. The molecule has 1 atom stereocenters. The number of aryl methyl sites for hydroxylation is 2. The van der Waals surface area contributed by atoms with Crippen molar-refractivity contribution in [3.05, 3.63) is 89.0 Å². The number of anilines is 1. The third-order valence-electron chi connectivity index (χ3n) is 5.37. The van der Waals surface area contributed by atoms with Gasteiger partial charge < -0.3 is 10.1 Å². The van der Waals surface area contributed by atoms with Crippen LogP contribution in [0.1, 0.15) is 40.0 Å². The van der Waals surface area contributed by atoms with Gasteiger partial charge >= 0.3 is 0 Å². The Morgan fingerprint density at radius 2 is 1.53 bits per heavy atom. The standard InChI is InChI=1S/C25H28N2O4S/c1-17-6-13-22(14-7-17)32(29,30)27(4)21-11-9-20(10-12-21)25(28)26-19(3)23-16-18(2)8-15-24(23)31-5/h6-16,19H,1-5H3,(H,26,28). The predicted octanol–water partition coefficient (Wildman–Crippen LogP) is 4.63. The number of amides is 1. The highest BCUT2D eigenvalue weighted by molar-refractivity contribution is 7.92. The fourth-order valence-electron chi connectivity index (χ4n) is 3.38. The minimum atomic E-state index is -3.69. The number of hydrogen-bond donors (Lipinski definition) is 1. The van der Waals surface area contributed by atoms with Gasteiger partial charge in [0.2, 0.25) is 0 Å². The summed E-state index contributed by atoms with van der Waals surface area (Å²) in [6.45, 7) is 5.78. The van der Waals surface area contributed by atoms with Crippen LogP contribution in [-0.2, 0) is 10.0 Å². The summed E-state index contributed by atoms with van der Waals surface area (Å²) >= 11 is 0. The topological polar surface area (TPSA) is 75.7 Å². The minimum absolute atomic E-state index is 0.216. The summed E-state index contributed by atoms with van der Waals surface area (Å²) in [5, 5.41) is 2.97. The fraction of sp³-hybridized carbons (Fsp3) is 0.240. The molecular formula is C25H28N2O4S. The lowest BCUT2D eigenvalue weighted by Crippen LogP contribution is -2.28. The van der Waals surface area contributed by atoms with E-state index >= 15 is 0 Å². The molecule has 0 saturated heterocycles. The van der Waals surface area contributed by atoms with E-state index in [9.17, 15) is 13.2 Å². The van der Waals surface area contributed by atoms with Crippen molar-refractivity contribution in [2.75, 3.05) is 18.5 Å². The van der Waals surface area contributed by atoms with E-state index in [1.807, 2.05) is 39.0 Å². The lowest BCUT2D eigenvalue weighted by molar-refractivity contribution is 0.0939. The van der Waals surface area contributed by atoms with Crippen LogP contribution in [0.15, 0.2) is 71.6 Å². The summed E-state index contributed by atoms with van der Waals surface area (Å²) in [6, 6.07) is 18.7. The van der Waals surface area contributed by atoms with Gasteiger partial charge in [0, 0.05) is 18.2 Å². The van der Waals surface area contributed by atoms with Crippen LogP contribution in [0, 0.1) is 13.8 Å². The Morgan fingerprint density at radius 3 is 2.12 bits per heavy atom. The number of methoxy groups -OCH3 is 1. The summed E-state index contributed by atoms with van der Waals surface area (Å²) in [6.07, 6.45) is 0. The van der Waals surface area contributed by atoms with E-state index in [-0.39, 0.29) is 16.8 Å². The van der Waals surface area contributed by atoms with E-state index in [0.717, 1.165) is 16.7 Å². The molecule has 1 unspecified atom stereocenters. The highest BCUT2D eigenvalue weighted by Gasteiger charge is 2.22. The van der Waals surface area contributed by atoms with Crippen LogP contribution >= 0.6 is 0 Å². The molecular weight excluding hydrogens is 424 g/mol. The molecule has 0 aliphatic heterocycles. The number of benzene rings is 3. The van der Waals surface area contributed by atoms with E-state index in [1.165, 1.54) is 11.4 Å². The Morgan fingerprint density at radius 1 is 0.938 bits per heavy atom. The Labute approximate surface area is 189 Å². The number of rotatable bonds is 7. The second-order valence-electron chi connectivity index (χ2n) is 7.77. The lowest BCUT2D eigenvalue weighted by atomic mass is 10.0. The quantitative estimate of drug-likeness (QED) is 0.567. The van der Waals surface area contributed by atoms with Crippen molar-refractivity contribution in [1.29, 1.82) is 0 Å². The first-order chi connectivity index (χ1) is 15.1. The van der Waals surface area contributed by atoms with E-state index in [2.05, 4.69) is 5.32 Å². The predicted molar refractivity (Wildman–Crippen MR) is 127 cm³/mol. The molecule has 0 radical (unpaired) electrons. The number of carbonyl (C=O) groups is 1. The maximum absolute atomic E-state index is 12.9. The van der Waals surface area contributed by atoms with Gasteiger partial charge in [-0.3, -0.25) is 9.10 Å². The zero-order chi connectivity index (χ0) is 23.5. The third-order valence-corrected chi connectivity index (χ3v) is 7.17. The SMILES string of the molecule is COc1ccc(C)cc1C(C)NC(=O)c1ccc(N(C)S(=O)(=O)c2ccc(C)cc2)cc1. The maximum atomic E-state index is 12.9. The van der Waals surface area contributed by atoms with E-state index < -0.39 is 10.0 Å². The van der Waals surface area contributed by atoms with Crippen LogP contribution in [0.4, 0.5) is 5.69 Å². The Hall–Kier alpha value is -3.32. The fourth-order valence-corrected chi connectivity index (χ4v) is 4.58. The first-order valence-corrected chi connectivity index (χ1v) is 11.7. The van der Waals surface area contributed by atoms with Crippen molar-refractivity contribution >= 4 is 21.6 Å². The molecule has 1 amide bonds. The van der Waals surface area contributed by atoms with Gasteiger partial charge in [0.05, 0.1) is 23.7 Å². The maximum Gasteiger partial charge on any atom is 0.264 e. The van der Waals surface area contributed by atoms with Crippen LogP contribution in [-0.4, -0.2) is 28.5 Å². The normalized spacial score (nSPS) is 12.2. The second-order valence-corrected chi connectivity index (χ2v) is 9.74. The molecule has 0 aromatic heterocycles. The Balaban J connectivity index is 1.75. The van der Waals surface area contributed by atoms with E-state index in [1.54, 1.807) is 55.6 Å². The van der Waals surface area contributed by atoms with E-state index in [4.69, 9.17) is 4.74 Å². The molecule has 0 spiro atoms. The minimum Gasteiger partial charge on any atom is -0.496 e. The monoisotopic (exact) mass is 452 g/mol. The Bertz CT molecular complexity index is 1200. The number of carbonyl (C=O) groups excluding carboxylic acids is 1. The molecule has 0 bridgehead atoms. The first kappa shape index (κ1) is 23.3. The van der Waals surface area contributed by atoms with Crippen LogP contribution in [0.3, 0.4) is 0 Å². The summed E-state index contributed by atoms with van der Waals surface area (Å²) in [5.41, 5.74) is 3.86. The number of nitrogens with zero attached hydrogens (tertiary/aromatic N) is 1. The highest BCUT2D eigenvalue weighted by atomic mass is 32.2. The molecule has 0 aliphatic rings. The summed E-state index contributed by atoms with van der Waals surface area (Å²) in [5.74, 6) is 0.457. The van der Waals surface area contributed by atoms with Gasteiger partial charge in [-0.05, 0) is 63.2 Å². The van der Waals surface area contributed by atoms with Crippen molar-refractivity contribution in [2.24, 2.45) is 0 Å². The second kappa shape index (κ2) is 9.44. The highest BCUT2D eigenvalue weighted by Crippen LogP contribution is 2.27. The van der Waals surface area contributed by atoms with Crippen molar-refractivity contribution in [1.82, 2.24) is 5.32 Å². The van der Waals surface area contributed by atoms with Crippen molar-refractivity contribution in [3.63, 3.8) is 0 Å². The van der Waals surface area contributed by atoms with Crippen LogP contribution < -0.4 is 14.4 Å². The number of nitrogens with one attached hydrogen (secondary N) is 1. The zero-order valence-corrected chi connectivity index (χ0v) is 19.7. The van der Waals surface area contributed by atoms with Crippen molar-refractivity contribution < 1.29 is 17.9 Å². The van der Waals surface area contributed by atoms with Gasteiger partial charge in [-0.2, -0.15) is 0 Å². The van der Waals surface area contributed by atoms with Gasteiger partial charge in [-0.15, -0.1) is 0 Å². The molecule has 1 N–H and O–H groups in total. The molecule has 32 heavy (non-hydrogen) atoms. The van der Waals surface area contributed by atoms with Gasteiger partial charge in [0.25, 0.3) is 15.9 Å². The van der Waals surface area contributed by atoms with Crippen molar-refractivity contribution in [2.45, 2.75) is 31.7 Å². The molecule has 3 aromatic carbocycles. The molecule has 0 fully saturated rings. The lowest BCUT2D eigenvalue weighted by Gasteiger charge is -2.20. The molecule has 3 rings (SSSR count). The summed E-state index contributed by atoms with van der Waals surface area (Å²) < 4.78 is 32.4. The van der Waals surface area contributed by atoms with Crippen LogP contribution in [0.2, 0.25) is 0 Å². The first-order valence-electron chi connectivity index (χ1n) is 10.2. The van der Waals surface area contributed by atoms with Gasteiger partial charge in [-0.1, -0.05) is 35.4 Å². The number of sulfonamides is 1. The largest absolute Gasteiger partial charge is 0.496 e. The van der Waals surface area contributed by atoms with E-state index in [0.29, 0.717) is 17.0 Å².